The molecule has 92 valence electrons. The maximum Gasteiger partial charge on any atom is 0.224 e. The normalized spacial score (nSPS) is 31.4. The summed E-state index contributed by atoms with van der Waals surface area (Å²) in [6.45, 7) is 5.12. The lowest BCUT2D eigenvalue weighted by Gasteiger charge is -2.22. The van der Waals surface area contributed by atoms with E-state index in [0.29, 0.717) is 12.1 Å². The Morgan fingerprint density at radius 2 is 2.25 bits per heavy atom. The zero-order valence-electron chi connectivity index (χ0n) is 10.3. The molecule has 1 amide bonds. The maximum absolute atomic E-state index is 11.9. The van der Waals surface area contributed by atoms with E-state index in [0.717, 1.165) is 19.5 Å². The highest BCUT2D eigenvalue weighted by Gasteiger charge is 2.38. The van der Waals surface area contributed by atoms with Crippen molar-refractivity contribution in [2.75, 3.05) is 26.7 Å². The van der Waals surface area contributed by atoms with E-state index in [-0.39, 0.29) is 11.8 Å². The molecule has 0 aromatic heterocycles. The van der Waals surface area contributed by atoms with Gasteiger partial charge in [0.05, 0.1) is 0 Å². The molecule has 2 aliphatic heterocycles. The molecule has 2 rings (SSSR count). The fourth-order valence-electron chi connectivity index (χ4n) is 2.97. The third kappa shape index (κ3) is 2.38. The Bertz CT molecular complexity index is 257. The van der Waals surface area contributed by atoms with Crippen molar-refractivity contribution in [1.82, 2.24) is 15.5 Å². The average molecular weight is 225 g/mol. The van der Waals surface area contributed by atoms with Gasteiger partial charge in [0.2, 0.25) is 5.91 Å². The second kappa shape index (κ2) is 5.15. The zero-order chi connectivity index (χ0) is 11.5. The van der Waals surface area contributed by atoms with Crippen LogP contribution in [0.5, 0.6) is 0 Å². The van der Waals surface area contributed by atoms with Gasteiger partial charge in [-0.25, -0.2) is 0 Å². The van der Waals surface area contributed by atoms with E-state index < -0.39 is 0 Å². The fourth-order valence-corrected chi connectivity index (χ4v) is 2.97. The summed E-state index contributed by atoms with van der Waals surface area (Å²) in [5.41, 5.74) is 0. The number of carbonyl (C=O) groups is 1. The molecule has 4 heteroatoms. The van der Waals surface area contributed by atoms with Crippen molar-refractivity contribution >= 4 is 5.91 Å². The van der Waals surface area contributed by atoms with E-state index >= 15 is 0 Å². The second-order valence-electron chi connectivity index (χ2n) is 5.11. The highest BCUT2D eigenvalue weighted by atomic mass is 16.2. The van der Waals surface area contributed by atoms with Gasteiger partial charge in [-0.3, -0.25) is 9.69 Å². The fraction of sp³-hybridized carbons (Fsp3) is 0.917. The van der Waals surface area contributed by atoms with E-state index in [1.54, 1.807) is 0 Å². The Morgan fingerprint density at radius 1 is 1.44 bits per heavy atom. The van der Waals surface area contributed by atoms with Crippen molar-refractivity contribution in [2.45, 2.75) is 38.3 Å². The molecule has 2 saturated heterocycles. The lowest BCUT2D eigenvalue weighted by molar-refractivity contribution is -0.125. The molecule has 2 heterocycles. The first-order valence-corrected chi connectivity index (χ1v) is 6.41. The molecule has 0 saturated carbocycles. The minimum atomic E-state index is 0.0699. The SMILES string of the molecule is CNCC(C)C(=O)NC1CCN2CCCC12. The number of rotatable bonds is 4. The maximum atomic E-state index is 11.9. The summed E-state index contributed by atoms with van der Waals surface area (Å²) in [5, 5.41) is 6.26. The van der Waals surface area contributed by atoms with Gasteiger partial charge in [0.1, 0.15) is 0 Å². The summed E-state index contributed by atoms with van der Waals surface area (Å²) in [6, 6.07) is 1.01. The van der Waals surface area contributed by atoms with Crippen molar-refractivity contribution in [2.24, 2.45) is 5.92 Å². The van der Waals surface area contributed by atoms with Crippen LogP contribution in [0.3, 0.4) is 0 Å². The summed E-state index contributed by atoms with van der Waals surface area (Å²) in [5.74, 6) is 0.272. The molecular formula is C12H23N3O. The summed E-state index contributed by atoms with van der Waals surface area (Å²) in [6.07, 6.45) is 3.68. The molecule has 2 N–H and O–H groups in total. The van der Waals surface area contributed by atoms with Crippen LogP contribution in [0.1, 0.15) is 26.2 Å². The molecule has 0 aliphatic carbocycles. The van der Waals surface area contributed by atoms with Crippen LogP contribution < -0.4 is 10.6 Å². The Balaban J connectivity index is 1.83. The van der Waals surface area contributed by atoms with Gasteiger partial charge < -0.3 is 10.6 Å². The van der Waals surface area contributed by atoms with Crippen molar-refractivity contribution in [3.8, 4) is 0 Å². The Hall–Kier alpha value is -0.610. The Morgan fingerprint density at radius 3 is 3.00 bits per heavy atom. The summed E-state index contributed by atoms with van der Waals surface area (Å²) < 4.78 is 0. The van der Waals surface area contributed by atoms with Gasteiger partial charge in [0, 0.05) is 31.1 Å². The number of fused-ring (bicyclic) bond motifs is 1. The molecule has 2 aliphatic rings. The predicted octanol–water partition coefficient (Wildman–Crippen LogP) is 0.195. The minimum absolute atomic E-state index is 0.0699. The molecule has 16 heavy (non-hydrogen) atoms. The van der Waals surface area contributed by atoms with Crippen LogP contribution in [0.2, 0.25) is 0 Å². The molecular weight excluding hydrogens is 202 g/mol. The lowest BCUT2D eigenvalue weighted by Crippen LogP contribution is -2.45. The van der Waals surface area contributed by atoms with Crippen LogP contribution in [-0.2, 0) is 4.79 Å². The molecule has 0 bridgehead atoms. The Kier molecular flexibility index (Phi) is 3.82. The van der Waals surface area contributed by atoms with Crippen LogP contribution >= 0.6 is 0 Å². The van der Waals surface area contributed by atoms with E-state index in [9.17, 15) is 4.79 Å². The highest BCUT2D eigenvalue weighted by molar-refractivity contribution is 5.78. The standard InChI is InChI=1S/C12H23N3O/c1-9(8-13-2)12(16)14-10-5-7-15-6-3-4-11(10)15/h9-11,13H,3-8H2,1-2H3,(H,14,16). The smallest absolute Gasteiger partial charge is 0.224 e. The van der Waals surface area contributed by atoms with Crippen LogP contribution in [0.4, 0.5) is 0 Å². The van der Waals surface area contributed by atoms with E-state index in [2.05, 4.69) is 15.5 Å². The van der Waals surface area contributed by atoms with Crippen LogP contribution in [0.15, 0.2) is 0 Å². The molecule has 0 aromatic rings. The van der Waals surface area contributed by atoms with Crippen molar-refractivity contribution in [3.63, 3.8) is 0 Å². The monoisotopic (exact) mass is 225 g/mol. The molecule has 4 nitrogen and oxygen atoms in total. The minimum Gasteiger partial charge on any atom is -0.351 e. The van der Waals surface area contributed by atoms with Crippen molar-refractivity contribution < 1.29 is 4.79 Å². The topological polar surface area (TPSA) is 44.4 Å². The first-order valence-electron chi connectivity index (χ1n) is 6.41. The third-order valence-corrected chi connectivity index (χ3v) is 3.89. The highest BCUT2D eigenvalue weighted by Crippen LogP contribution is 2.27. The Labute approximate surface area is 97.8 Å². The van der Waals surface area contributed by atoms with Gasteiger partial charge in [-0.15, -0.1) is 0 Å². The first-order chi connectivity index (χ1) is 7.72. The number of amides is 1. The summed E-state index contributed by atoms with van der Waals surface area (Å²) >= 11 is 0. The van der Waals surface area contributed by atoms with E-state index in [1.807, 2.05) is 14.0 Å². The van der Waals surface area contributed by atoms with E-state index in [4.69, 9.17) is 0 Å². The van der Waals surface area contributed by atoms with Gasteiger partial charge in [-0.1, -0.05) is 6.92 Å². The van der Waals surface area contributed by atoms with Crippen molar-refractivity contribution in [1.29, 1.82) is 0 Å². The number of hydrogen-bond acceptors (Lipinski definition) is 3. The number of nitrogens with one attached hydrogen (secondary N) is 2. The van der Waals surface area contributed by atoms with Gasteiger partial charge in [0.15, 0.2) is 0 Å². The molecule has 2 fully saturated rings. The van der Waals surface area contributed by atoms with Crippen LogP contribution in [0, 0.1) is 5.92 Å². The van der Waals surface area contributed by atoms with Gasteiger partial charge >= 0.3 is 0 Å². The lowest BCUT2D eigenvalue weighted by atomic mass is 10.0. The van der Waals surface area contributed by atoms with Crippen LogP contribution in [-0.4, -0.2) is 49.6 Å². The number of carbonyl (C=O) groups excluding carboxylic acids is 1. The van der Waals surface area contributed by atoms with Crippen LogP contribution in [0.25, 0.3) is 0 Å². The van der Waals surface area contributed by atoms with E-state index in [1.165, 1.54) is 19.4 Å². The summed E-state index contributed by atoms with van der Waals surface area (Å²) in [7, 11) is 1.89. The zero-order valence-corrected chi connectivity index (χ0v) is 10.3. The molecule has 3 unspecified atom stereocenters. The molecule has 0 radical (unpaired) electrons. The predicted molar refractivity (Wildman–Crippen MR) is 64.2 cm³/mol. The summed E-state index contributed by atoms with van der Waals surface area (Å²) in [4.78, 5) is 14.4. The molecule has 3 atom stereocenters. The second-order valence-corrected chi connectivity index (χ2v) is 5.11. The largest absolute Gasteiger partial charge is 0.351 e. The molecule has 0 spiro atoms. The molecule has 0 aromatic carbocycles. The third-order valence-electron chi connectivity index (χ3n) is 3.89. The number of nitrogens with zero attached hydrogens (tertiary/aromatic N) is 1. The van der Waals surface area contributed by atoms with Crippen molar-refractivity contribution in [3.05, 3.63) is 0 Å². The first kappa shape index (κ1) is 11.9. The van der Waals surface area contributed by atoms with Gasteiger partial charge in [-0.2, -0.15) is 0 Å². The van der Waals surface area contributed by atoms with Gasteiger partial charge in [0.25, 0.3) is 0 Å². The van der Waals surface area contributed by atoms with Gasteiger partial charge in [-0.05, 0) is 32.9 Å². The quantitative estimate of drug-likeness (QED) is 0.718. The average Bonchev–Trinajstić information content (AvgIpc) is 2.83. The number of hydrogen-bond donors (Lipinski definition) is 2.